The number of anilines is 3. The number of hydrogen-bond donors (Lipinski definition) is 0. The van der Waals surface area contributed by atoms with Gasteiger partial charge in [0.2, 0.25) is 5.69 Å². The van der Waals surface area contributed by atoms with Gasteiger partial charge in [-0.25, -0.2) is 4.85 Å². The van der Waals surface area contributed by atoms with E-state index in [1.54, 1.807) is 12.1 Å². The maximum Gasteiger partial charge on any atom is 0.204 e. The minimum atomic E-state index is 0.371. The lowest BCUT2D eigenvalue weighted by Gasteiger charge is -2.27. The zero-order chi connectivity index (χ0) is 26.6. The van der Waals surface area contributed by atoms with E-state index in [9.17, 15) is 5.26 Å². The Hall–Kier alpha value is -5.71. The first-order valence-corrected chi connectivity index (χ1v) is 12.6. The molecule has 0 radical (unpaired) electrons. The molecule has 0 unspecified atom stereocenters. The molecular formula is C35H22N4. The van der Waals surface area contributed by atoms with Crippen LogP contribution in [0.4, 0.5) is 22.7 Å². The van der Waals surface area contributed by atoms with E-state index in [2.05, 4.69) is 112 Å². The largest absolute Gasteiger partial charge is 0.310 e. The third-order valence-corrected chi connectivity index (χ3v) is 6.84. The van der Waals surface area contributed by atoms with Gasteiger partial charge in [0.25, 0.3) is 0 Å². The summed E-state index contributed by atoms with van der Waals surface area (Å²) in [5.41, 5.74) is 8.06. The van der Waals surface area contributed by atoms with Crippen molar-refractivity contribution < 1.29 is 0 Å². The SMILES string of the molecule is [C-]#[N+]c1ccc(-c2ccc(N(c3ccc(-c4ccncc4)cc3)c3cccc4ccccc34)cc2)cc1C#N. The highest BCUT2D eigenvalue weighted by molar-refractivity contribution is 5.99. The smallest absolute Gasteiger partial charge is 0.204 e. The molecule has 0 aliphatic rings. The average molecular weight is 499 g/mol. The Bertz CT molecular complexity index is 1860. The molecule has 0 saturated heterocycles. The van der Waals surface area contributed by atoms with E-state index >= 15 is 0 Å². The van der Waals surface area contributed by atoms with Crippen LogP contribution in [-0.2, 0) is 0 Å². The summed E-state index contributed by atoms with van der Waals surface area (Å²) >= 11 is 0. The Kier molecular flexibility index (Phi) is 6.28. The van der Waals surface area contributed by atoms with E-state index in [0.717, 1.165) is 44.7 Å². The number of nitrogens with zero attached hydrogens (tertiary/aromatic N) is 4. The quantitative estimate of drug-likeness (QED) is 0.222. The summed E-state index contributed by atoms with van der Waals surface area (Å²) in [4.78, 5) is 9.85. The molecule has 0 atom stereocenters. The molecule has 4 heteroatoms. The predicted octanol–water partition coefficient (Wildman–Crippen LogP) is 9.46. The first kappa shape index (κ1) is 23.7. The van der Waals surface area contributed by atoms with Crippen molar-refractivity contribution in [3.8, 4) is 28.3 Å². The third-order valence-electron chi connectivity index (χ3n) is 6.84. The molecule has 0 aliphatic heterocycles. The van der Waals surface area contributed by atoms with Crippen LogP contribution in [0.25, 0.3) is 37.9 Å². The van der Waals surface area contributed by atoms with Crippen molar-refractivity contribution in [2.75, 3.05) is 4.90 Å². The number of hydrogen-bond acceptors (Lipinski definition) is 3. The second kappa shape index (κ2) is 10.3. The predicted molar refractivity (Wildman–Crippen MR) is 158 cm³/mol. The highest BCUT2D eigenvalue weighted by Gasteiger charge is 2.16. The van der Waals surface area contributed by atoms with E-state index in [4.69, 9.17) is 6.57 Å². The Morgan fingerprint density at radius 3 is 1.90 bits per heavy atom. The summed E-state index contributed by atoms with van der Waals surface area (Å²) in [6.07, 6.45) is 3.62. The molecule has 0 bridgehead atoms. The Labute approximate surface area is 227 Å². The zero-order valence-electron chi connectivity index (χ0n) is 21.0. The second-order valence-corrected chi connectivity index (χ2v) is 9.12. The Morgan fingerprint density at radius 2 is 1.23 bits per heavy atom. The minimum absolute atomic E-state index is 0.371. The summed E-state index contributed by atoms with van der Waals surface area (Å²) in [7, 11) is 0. The summed E-state index contributed by atoms with van der Waals surface area (Å²) in [6, 6.07) is 43.2. The van der Waals surface area contributed by atoms with Crippen molar-refractivity contribution in [1.82, 2.24) is 4.98 Å². The van der Waals surface area contributed by atoms with Gasteiger partial charge in [0.05, 0.1) is 23.9 Å². The van der Waals surface area contributed by atoms with Gasteiger partial charge in [-0.05, 0) is 76.2 Å². The molecule has 0 amide bonds. The molecule has 0 aliphatic carbocycles. The third kappa shape index (κ3) is 4.60. The number of pyridine rings is 1. The van der Waals surface area contributed by atoms with Crippen LogP contribution in [0.3, 0.4) is 0 Å². The standard InChI is InChI=1S/C35H22N4/c1-37-34-18-13-29(23-30(34)24-36)26-11-16-32(17-12-26)39(35-8-4-6-28-5-2-3-7-33(28)35)31-14-9-25(10-15-31)27-19-21-38-22-20-27/h2-23H. The van der Waals surface area contributed by atoms with Crippen LogP contribution in [0.2, 0.25) is 0 Å². The fourth-order valence-electron chi connectivity index (χ4n) is 4.88. The monoisotopic (exact) mass is 498 g/mol. The Balaban J connectivity index is 1.45. The van der Waals surface area contributed by atoms with Crippen molar-refractivity contribution in [3.05, 3.63) is 151 Å². The van der Waals surface area contributed by atoms with Gasteiger partial charge in [-0.2, -0.15) is 5.26 Å². The lowest BCUT2D eigenvalue weighted by atomic mass is 10.0. The van der Waals surface area contributed by atoms with Gasteiger partial charge in [0.1, 0.15) is 0 Å². The van der Waals surface area contributed by atoms with Gasteiger partial charge < -0.3 is 4.90 Å². The number of nitriles is 1. The van der Waals surface area contributed by atoms with Crippen molar-refractivity contribution in [2.45, 2.75) is 0 Å². The molecule has 0 N–H and O–H groups in total. The number of rotatable bonds is 5. The summed E-state index contributed by atoms with van der Waals surface area (Å²) < 4.78 is 0. The highest BCUT2D eigenvalue weighted by Crippen LogP contribution is 2.40. The van der Waals surface area contributed by atoms with E-state index in [1.165, 1.54) is 5.39 Å². The lowest BCUT2D eigenvalue weighted by Crippen LogP contribution is -2.10. The van der Waals surface area contributed by atoms with Crippen LogP contribution in [0.1, 0.15) is 5.56 Å². The summed E-state index contributed by atoms with van der Waals surface area (Å²) in [5, 5.41) is 11.8. The highest BCUT2D eigenvalue weighted by atomic mass is 15.1. The van der Waals surface area contributed by atoms with Gasteiger partial charge in [0, 0.05) is 29.2 Å². The van der Waals surface area contributed by atoms with Gasteiger partial charge in [-0.1, -0.05) is 72.8 Å². The molecule has 6 rings (SSSR count). The molecule has 182 valence electrons. The molecule has 0 fully saturated rings. The molecule has 0 saturated carbocycles. The maximum atomic E-state index is 9.47. The van der Waals surface area contributed by atoms with Crippen molar-refractivity contribution >= 4 is 33.5 Å². The fourth-order valence-corrected chi connectivity index (χ4v) is 4.88. The van der Waals surface area contributed by atoms with Crippen LogP contribution in [0.5, 0.6) is 0 Å². The van der Waals surface area contributed by atoms with Gasteiger partial charge in [-0.3, -0.25) is 4.98 Å². The van der Waals surface area contributed by atoms with Gasteiger partial charge in [-0.15, -0.1) is 0 Å². The summed E-state index contributed by atoms with van der Waals surface area (Å²) in [6.45, 7) is 7.29. The number of aromatic nitrogens is 1. The van der Waals surface area contributed by atoms with Crippen LogP contribution in [0, 0.1) is 17.9 Å². The topological polar surface area (TPSA) is 44.3 Å². The minimum Gasteiger partial charge on any atom is -0.310 e. The van der Waals surface area contributed by atoms with Crippen LogP contribution >= 0.6 is 0 Å². The molecule has 4 nitrogen and oxygen atoms in total. The van der Waals surface area contributed by atoms with Crippen molar-refractivity contribution in [1.29, 1.82) is 5.26 Å². The molecular weight excluding hydrogens is 476 g/mol. The second-order valence-electron chi connectivity index (χ2n) is 9.12. The van der Waals surface area contributed by atoms with Gasteiger partial charge in [0.15, 0.2) is 0 Å². The van der Waals surface area contributed by atoms with E-state index < -0.39 is 0 Å². The first-order chi connectivity index (χ1) is 19.2. The molecule has 6 aromatic rings. The van der Waals surface area contributed by atoms with Crippen molar-refractivity contribution in [2.24, 2.45) is 0 Å². The Morgan fingerprint density at radius 1 is 0.641 bits per heavy atom. The van der Waals surface area contributed by atoms with Crippen molar-refractivity contribution in [3.63, 3.8) is 0 Å². The molecule has 5 aromatic carbocycles. The van der Waals surface area contributed by atoms with Crippen LogP contribution in [-0.4, -0.2) is 4.98 Å². The molecule has 0 spiro atoms. The molecule has 1 heterocycles. The first-order valence-electron chi connectivity index (χ1n) is 12.6. The molecule has 1 aromatic heterocycles. The number of fused-ring (bicyclic) bond motifs is 1. The van der Waals surface area contributed by atoms with E-state index in [0.29, 0.717) is 11.3 Å². The number of benzene rings is 5. The fraction of sp³-hybridized carbons (Fsp3) is 0. The van der Waals surface area contributed by atoms with Gasteiger partial charge >= 0.3 is 0 Å². The lowest BCUT2D eigenvalue weighted by molar-refractivity contribution is 1.29. The average Bonchev–Trinajstić information content (AvgIpc) is 3.02. The maximum absolute atomic E-state index is 9.47. The zero-order valence-corrected chi connectivity index (χ0v) is 21.0. The van der Waals surface area contributed by atoms with Crippen LogP contribution in [0.15, 0.2) is 134 Å². The summed E-state index contributed by atoms with van der Waals surface area (Å²) in [5.74, 6) is 0. The van der Waals surface area contributed by atoms with E-state index in [-0.39, 0.29) is 0 Å². The van der Waals surface area contributed by atoms with Crippen LogP contribution < -0.4 is 4.90 Å². The van der Waals surface area contributed by atoms with E-state index in [1.807, 2.05) is 30.6 Å². The normalized spacial score (nSPS) is 10.5. The molecule has 39 heavy (non-hydrogen) atoms.